The van der Waals surface area contributed by atoms with E-state index in [1.807, 2.05) is 12.1 Å². The Bertz CT molecular complexity index is 1210. The molecule has 9 heteroatoms. The predicted octanol–water partition coefficient (Wildman–Crippen LogP) is 3.46. The fraction of sp³-hybridized carbons (Fsp3) is 0.167. The number of rotatable bonds is 5. The van der Waals surface area contributed by atoms with Crippen LogP contribution in [0.2, 0.25) is 0 Å². The van der Waals surface area contributed by atoms with Gasteiger partial charge in [-0.25, -0.2) is 4.79 Å². The molecular weight excluding hydrogens is 426 g/mol. The van der Waals surface area contributed by atoms with E-state index in [1.54, 1.807) is 48.5 Å². The molecule has 3 amide bonds. The Morgan fingerprint density at radius 1 is 1.00 bits per heavy atom. The third kappa shape index (κ3) is 3.39. The first kappa shape index (κ1) is 20.7. The van der Waals surface area contributed by atoms with Crippen LogP contribution in [0.1, 0.15) is 22.3 Å². The van der Waals surface area contributed by atoms with Gasteiger partial charge in [-0.3, -0.25) is 19.8 Å². The highest BCUT2D eigenvalue weighted by Gasteiger charge is 2.53. The van der Waals surface area contributed by atoms with E-state index in [4.69, 9.17) is 9.47 Å². The smallest absolute Gasteiger partial charge is 0.325 e. The van der Waals surface area contributed by atoms with Crippen LogP contribution in [0.15, 0.2) is 72.8 Å². The second-order valence-electron chi connectivity index (χ2n) is 7.76. The fourth-order valence-electron chi connectivity index (χ4n) is 4.33. The van der Waals surface area contributed by atoms with Gasteiger partial charge < -0.3 is 14.8 Å². The highest BCUT2D eigenvalue weighted by molar-refractivity contribution is 6.09. The van der Waals surface area contributed by atoms with Crippen LogP contribution in [0, 0.1) is 10.1 Å². The van der Waals surface area contributed by atoms with Crippen LogP contribution in [0.4, 0.5) is 10.5 Å². The Labute approximate surface area is 188 Å². The van der Waals surface area contributed by atoms with Gasteiger partial charge in [0.1, 0.15) is 5.75 Å². The summed E-state index contributed by atoms with van der Waals surface area (Å²) in [7, 11) is 0. The minimum absolute atomic E-state index is 0.0179. The summed E-state index contributed by atoms with van der Waals surface area (Å²) in [4.78, 5) is 39.0. The van der Waals surface area contributed by atoms with E-state index in [-0.39, 0.29) is 25.6 Å². The number of ether oxygens (including phenoxy) is 2. The van der Waals surface area contributed by atoms with Crippen LogP contribution in [-0.2, 0) is 28.2 Å². The number of carbonyl (C=O) groups is 2. The first-order chi connectivity index (χ1) is 16.0. The minimum atomic E-state index is -1.41. The average molecular weight is 445 g/mol. The molecule has 1 saturated heterocycles. The monoisotopic (exact) mass is 445 g/mol. The SMILES string of the molecule is O=C1NC(c2ccccc2)(c2ccccc2)C(=O)N1Cc1cc([N+](=O)[O-])cc2c1OCOC2. The molecule has 1 fully saturated rings. The number of benzene rings is 3. The summed E-state index contributed by atoms with van der Waals surface area (Å²) < 4.78 is 10.8. The second-order valence-corrected chi connectivity index (χ2v) is 7.76. The maximum atomic E-state index is 13.9. The molecule has 3 aromatic carbocycles. The number of hydrogen-bond donors (Lipinski definition) is 1. The highest BCUT2D eigenvalue weighted by Crippen LogP contribution is 2.39. The van der Waals surface area contributed by atoms with Crippen molar-refractivity contribution >= 4 is 17.6 Å². The van der Waals surface area contributed by atoms with Gasteiger partial charge in [-0.1, -0.05) is 60.7 Å². The van der Waals surface area contributed by atoms with Crippen molar-refractivity contribution in [2.24, 2.45) is 0 Å². The molecule has 0 spiro atoms. The third-order valence-electron chi connectivity index (χ3n) is 5.83. The molecule has 9 nitrogen and oxygen atoms in total. The third-order valence-corrected chi connectivity index (χ3v) is 5.83. The lowest BCUT2D eigenvalue weighted by Gasteiger charge is -2.28. The maximum Gasteiger partial charge on any atom is 0.325 e. The molecule has 1 N–H and O–H groups in total. The van der Waals surface area contributed by atoms with Crippen LogP contribution in [0.25, 0.3) is 0 Å². The van der Waals surface area contributed by atoms with Gasteiger partial charge in [-0.15, -0.1) is 0 Å². The van der Waals surface area contributed by atoms with Crippen molar-refractivity contribution in [2.45, 2.75) is 18.7 Å². The molecule has 33 heavy (non-hydrogen) atoms. The van der Waals surface area contributed by atoms with Gasteiger partial charge in [0, 0.05) is 23.3 Å². The summed E-state index contributed by atoms with van der Waals surface area (Å²) in [6.45, 7) is -0.0614. The average Bonchev–Trinajstić information content (AvgIpc) is 3.10. The molecule has 0 atom stereocenters. The number of nitrogens with one attached hydrogen (secondary N) is 1. The first-order valence-electron chi connectivity index (χ1n) is 10.3. The molecular formula is C24H19N3O6. The molecule has 0 aliphatic carbocycles. The van der Waals surface area contributed by atoms with Crippen LogP contribution >= 0.6 is 0 Å². The number of imide groups is 1. The molecule has 166 valence electrons. The van der Waals surface area contributed by atoms with Gasteiger partial charge in [0.15, 0.2) is 12.3 Å². The number of non-ortho nitro benzene ring substituents is 1. The molecule has 0 saturated carbocycles. The number of hydrogen-bond acceptors (Lipinski definition) is 6. The number of urea groups is 1. The molecule has 0 aromatic heterocycles. The molecule has 0 unspecified atom stereocenters. The van der Waals surface area contributed by atoms with Gasteiger partial charge in [-0.05, 0) is 11.1 Å². The predicted molar refractivity (Wildman–Crippen MR) is 116 cm³/mol. The molecule has 3 aromatic rings. The first-order valence-corrected chi connectivity index (χ1v) is 10.3. The summed E-state index contributed by atoms with van der Waals surface area (Å²) in [5.41, 5.74) is 0.510. The standard InChI is InChI=1S/C24H19N3O6/c28-22-24(18-7-3-1-4-8-18,19-9-5-2-6-10-19)25-23(29)26(22)13-16-11-20(27(30)31)12-17-14-32-15-33-21(16)17/h1-12H,13-15H2,(H,25,29). The largest absolute Gasteiger partial charge is 0.467 e. The van der Waals surface area contributed by atoms with Crippen LogP contribution in [0.3, 0.4) is 0 Å². The number of fused-ring (bicyclic) bond motifs is 1. The number of carbonyl (C=O) groups excluding carboxylic acids is 2. The molecule has 2 aliphatic heterocycles. The van der Waals surface area contributed by atoms with E-state index in [0.717, 1.165) is 4.90 Å². The zero-order valence-electron chi connectivity index (χ0n) is 17.4. The summed E-state index contributed by atoms with van der Waals surface area (Å²) in [5.74, 6) is -0.0819. The van der Waals surface area contributed by atoms with Gasteiger partial charge in [0.05, 0.1) is 18.1 Å². The van der Waals surface area contributed by atoms with Crippen molar-refractivity contribution in [2.75, 3.05) is 6.79 Å². The van der Waals surface area contributed by atoms with Crippen molar-refractivity contribution in [3.05, 3.63) is 105 Å². The molecule has 2 heterocycles. The number of nitrogens with zero attached hydrogens (tertiary/aromatic N) is 2. The Kier molecular flexibility index (Phi) is 5.02. The zero-order valence-corrected chi connectivity index (χ0v) is 17.4. The van der Waals surface area contributed by atoms with E-state index in [1.165, 1.54) is 12.1 Å². The highest BCUT2D eigenvalue weighted by atomic mass is 16.7. The lowest BCUT2D eigenvalue weighted by atomic mass is 9.82. The van der Waals surface area contributed by atoms with Crippen LogP contribution < -0.4 is 10.1 Å². The van der Waals surface area contributed by atoms with Crippen molar-refractivity contribution < 1.29 is 24.0 Å². The Hall–Kier alpha value is -4.24. The van der Waals surface area contributed by atoms with Gasteiger partial charge in [0.2, 0.25) is 0 Å². The van der Waals surface area contributed by atoms with E-state index in [0.29, 0.717) is 28.0 Å². The van der Waals surface area contributed by atoms with E-state index in [2.05, 4.69) is 5.32 Å². The second kappa shape index (κ2) is 8.03. The topological polar surface area (TPSA) is 111 Å². The van der Waals surface area contributed by atoms with Crippen molar-refractivity contribution in [3.8, 4) is 5.75 Å². The summed E-state index contributed by atoms with van der Waals surface area (Å²) in [6.07, 6.45) is 0. The summed E-state index contributed by atoms with van der Waals surface area (Å²) in [5, 5.41) is 14.3. The fourth-order valence-corrected chi connectivity index (χ4v) is 4.33. The van der Waals surface area contributed by atoms with E-state index >= 15 is 0 Å². The summed E-state index contributed by atoms with van der Waals surface area (Å²) in [6, 6.07) is 20.1. The summed E-state index contributed by atoms with van der Waals surface area (Å²) >= 11 is 0. The minimum Gasteiger partial charge on any atom is -0.467 e. The molecule has 0 radical (unpaired) electrons. The van der Waals surface area contributed by atoms with Crippen LogP contribution in [0.5, 0.6) is 5.75 Å². The lowest BCUT2D eigenvalue weighted by molar-refractivity contribution is -0.385. The number of nitro groups is 1. The molecule has 0 bridgehead atoms. The molecule has 5 rings (SSSR count). The van der Waals surface area contributed by atoms with E-state index in [9.17, 15) is 19.7 Å². The van der Waals surface area contributed by atoms with Gasteiger partial charge >= 0.3 is 6.03 Å². The van der Waals surface area contributed by atoms with E-state index < -0.39 is 22.4 Å². The number of nitro benzene ring substituents is 1. The maximum absolute atomic E-state index is 13.9. The normalized spacial score (nSPS) is 16.7. The zero-order chi connectivity index (χ0) is 23.0. The quantitative estimate of drug-likeness (QED) is 0.366. The van der Waals surface area contributed by atoms with Crippen molar-refractivity contribution in [3.63, 3.8) is 0 Å². The van der Waals surface area contributed by atoms with Gasteiger partial charge in [0.25, 0.3) is 11.6 Å². The molecule has 2 aliphatic rings. The van der Waals surface area contributed by atoms with Crippen LogP contribution in [-0.4, -0.2) is 28.6 Å². The van der Waals surface area contributed by atoms with Crippen molar-refractivity contribution in [1.82, 2.24) is 10.2 Å². The van der Waals surface area contributed by atoms with Gasteiger partial charge in [-0.2, -0.15) is 0 Å². The lowest BCUT2D eigenvalue weighted by Crippen LogP contribution is -2.45. The Morgan fingerprint density at radius 2 is 1.64 bits per heavy atom. The number of amides is 3. The Balaban J connectivity index is 1.59. The Morgan fingerprint density at radius 3 is 2.24 bits per heavy atom. The van der Waals surface area contributed by atoms with Crippen molar-refractivity contribution in [1.29, 1.82) is 0 Å².